The maximum absolute atomic E-state index is 12.6. The Kier molecular flexibility index (Phi) is 7.02. The second-order valence-electron chi connectivity index (χ2n) is 4.81. The molecule has 0 aliphatic heterocycles. The van der Waals surface area contributed by atoms with Crippen molar-refractivity contribution in [2.45, 2.75) is 39.7 Å². The summed E-state index contributed by atoms with van der Waals surface area (Å²) in [6.45, 7) is 6.63. The Hall–Kier alpha value is -1.23. The zero-order chi connectivity index (χ0) is 16.0. The monoisotopic (exact) mass is 357 g/mol. The molecule has 0 fully saturated rings. The van der Waals surface area contributed by atoms with Crippen LogP contribution in [0.25, 0.3) is 0 Å². The summed E-state index contributed by atoms with van der Waals surface area (Å²) in [7, 11) is 3.42. The first kappa shape index (κ1) is 17.8. The third kappa shape index (κ3) is 4.13. The van der Waals surface area contributed by atoms with E-state index in [9.17, 15) is 4.79 Å². The molecule has 0 aliphatic rings. The van der Waals surface area contributed by atoms with Crippen LogP contribution in [0.4, 0.5) is 0 Å². The molecule has 0 aliphatic carbocycles. The van der Waals surface area contributed by atoms with Crippen LogP contribution in [0, 0.1) is 0 Å². The number of ether oxygens (including phenoxy) is 2. The summed E-state index contributed by atoms with van der Waals surface area (Å²) in [6.07, 6.45) is 1.88. The fourth-order valence-electron chi connectivity index (χ4n) is 2.33. The number of amides is 1. The van der Waals surface area contributed by atoms with E-state index in [1.807, 2.05) is 14.0 Å². The molecule has 1 rings (SSSR count). The molecule has 0 spiro atoms. The van der Waals surface area contributed by atoms with Crippen molar-refractivity contribution in [1.29, 1.82) is 0 Å². The molecule has 0 unspecified atom stereocenters. The average molecular weight is 358 g/mol. The van der Waals surface area contributed by atoms with Crippen molar-refractivity contribution in [1.82, 2.24) is 4.90 Å². The van der Waals surface area contributed by atoms with Gasteiger partial charge in [0.15, 0.2) is 11.5 Å². The lowest BCUT2D eigenvalue weighted by molar-refractivity contribution is 0.0723. The molecule has 0 aromatic heterocycles. The van der Waals surface area contributed by atoms with Gasteiger partial charge in [0.25, 0.3) is 5.91 Å². The van der Waals surface area contributed by atoms with E-state index < -0.39 is 0 Å². The van der Waals surface area contributed by atoms with Gasteiger partial charge in [-0.25, -0.2) is 0 Å². The lowest BCUT2D eigenvalue weighted by Gasteiger charge is -2.26. The van der Waals surface area contributed by atoms with Crippen LogP contribution in [-0.2, 0) is 0 Å². The van der Waals surface area contributed by atoms with Crippen molar-refractivity contribution in [3.63, 3.8) is 0 Å². The topological polar surface area (TPSA) is 38.8 Å². The second kappa shape index (κ2) is 8.27. The van der Waals surface area contributed by atoms with Crippen LogP contribution in [0.2, 0.25) is 0 Å². The van der Waals surface area contributed by atoms with E-state index in [1.54, 1.807) is 24.1 Å². The van der Waals surface area contributed by atoms with Crippen LogP contribution in [0.15, 0.2) is 16.6 Å². The van der Waals surface area contributed by atoms with Gasteiger partial charge in [0.2, 0.25) is 0 Å². The van der Waals surface area contributed by atoms with E-state index in [1.165, 1.54) is 0 Å². The number of hydrogen-bond donors (Lipinski definition) is 0. The summed E-state index contributed by atoms with van der Waals surface area (Å²) in [5, 5.41) is 0. The van der Waals surface area contributed by atoms with Gasteiger partial charge in [0.1, 0.15) is 0 Å². The molecule has 0 radical (unpaired) electrons. The minimum absolute atomic E-state index is 0.00857. The van der Waals surface area contributed by atoms with Crippen LogP contribution in [0.3, 0.4) is 0 Å². The predicted octanol–water partition coefficient (Wildman–Crippen LogP) is 4.12. The third-order valence-corrected chi connectivity index (χ3v) is 4.16. The average Bonchev–Trinajstić information content (AvgIpc) is 2.49. The molecular formula is C16H24BrNO3. The highest BCUT2D eigenvalue weighted by Crippen LogP contribution is 2.37. The van der Waals surface area contributed by atoms with Gasteiger partial charge >= 0.3 is 0 Å². The lowest BCUT2D eigenvalue weighted by Crippen LogP contribution is -2.36. The normalized spacial score (nSPS) is 10.6. The van der Waals surface area contributed by atoms with E-state index in [0.29, 0.717) is 23.7 Å². The first-order valence-electron chi connectivity index (χ1n) is 7.27. The molecule has 1 aromatic rings. The highest BCUT2D eigenvalue weighted by Gasteiger charge is 2.21. The van der Waals surface area contributed by atoms with Crippen molar-refractivity contribution in [3.05, 3.63) is 22.2 Å². The summed E-state index contributed by atoms with van der Waals surface area (Å²) in [5.74, 6) is 1.18. The van der Waals surface area contributed by atoms with Crippen LogP contribution in [0.1, 0.15) is 44.0 Å². The van der Waals surface area contributed by atoms with Crippen molar-refractivity contribution in [2.75, 3.05) is 20.8 Å². The molecule has 4 nitrogen and oxygen atoms in total. The summed E-state index contributed by atoms with van der Waals surface area (Å²) < 4.78 is 11.6. The van der Waals surface area contributed by atoms with Gasteiger partial charge in [0.05, 0.1) is 18.2 Å². The van der Waals surface area contributed by atoms with E-state index in [-0.39, 0.29) is 11.9 Å². The molecule has 0 heterocycles. The van der Waals surface area contributed by atoms with Gasteiger partial charge in [-0.05, 0) is 47.8 Å². The number of carbonyl (C=O) groups is 1. The van der Waals surface area contributed by atoms with Crippen molar-refractivity contribution < 1.29 is 14.3 Å². The van der Waals surface area contributed by atoms with Crippen molar-refractivity contribution >= 4 is 21.8 Å². The van der Waals surface area contributed by atoms with E-state index in [2.05, 4.69) is 29.8 Å². The standard InChI is InChI=1S/C16H24BrNO3/c1-6-12(7-2)18(4)16(19)11-9-13(17)15(21-8-3)14(10-11)20-5/h9-10,12H,6-8H2,1-5H3. The molecule has 0 atom stereocenters. The molecule has 5 heteroatoms. The number of benzene rings is 1. The smallest absolute Gasteiger partial charge is 0.254 e. The molecular weight excluding hydrogens is 334 g/mol. The molecule has 118 valence electrons. The first-order chi connectivity index (χ1) is 9.99. The van der Waals surface area contributed by atoms with Gasteiger partial charge < -0.3 is 14.4 Å². The molecule has 1 amide bonds. The number of halogens is 1. The number of nitrogens with zero attached hydrogens (tertiary/aromatic N) is 1. The van der Waals surface area contributed by atoms with Gasteiger partial charge in [0, 0.05) is 18.7 Å². The van der Waals surface area contributed by atoms with E-state index >= 15 is 0 Å². The second-order valence-corrected chi connectivity index (χ2v) is 5.66. The minimum Gasteiger partial charge on any atom is -0.493 e. The van der Waals surface area contributed by atoms with Gasteiger partial charge in [-0.15, -0.1) is 0 Å². The number of hydrogen-bond acceptors (Lipinski definition) is 3. The Bertz CT molecular complexity index is 487. The van der Waals surface area contributed by atoms with Gasteiger partial charge in [-0.1, -0.05) is 13.8 Å². The SMILES string of the molecule is CCOc1c(Br)cc(C(=O)N(C)C(CC)CC)cc1OC. The van der Waals surface area contributed by atoms with Crippen LogP contribution < -0.4 is 9.47 Å². The summed E-state index contributed by atoms with van der Waals surface area (Å²) in [5.41, 5.74) is 0.594. The summed E-state index contributed by atoms with van der Waals surface area (Å²) in [6, 6.07) is 3.76. The molecule has 0 N–H and O–H groups in total. The zero-order valence-electron chi connectivity index (χ0n) is 13.4. The Balaban J connectivity index is 3.14. The quantitative estimate of drug-likeness (QED) is 0.736. The largest absolute Gasteiger partial charge is 0.493 e. The number of carbonyl (C=O) groups excluding carboxylic acids is 1. The minimum atomic E-state index is -0.00857. The highest BCUT2D eigenvalue weighted by atomic mass is 79.9. The number of methoxy groups -OCH3 is 1. The fraction of sp³-hybridized carbons (Fsp3) is 0.562. The van der Waals surface area contributed by atoms with Crippen molar-refractivity contribution in [2.24, 2.45) is 0 Å². The molecule has 21 heavy (non-hydrogen) atoms. The maximum Gasteiger partial charge on any atom is 0.254 e. The Labute approximate surface area is 135 Å². The first-order valence-corrected chi connectivity index (χ1v) is 8.06. The summed E-state index contributed by atoms with van der Waals surface area (Å²) >= 11 is 3.45. The van der Waals surface area contributed by atoms with Crippen LogP contribution in [-0.4, -0.2) is 37.6 Å². The van der Waals surface area contributed by atoms with Crippen LogP contribution in [0.5, 0.6) is 11.5 Å². The van der Waals surface area contributed by atoms with Crippen LogP contribution >= 0.6 is 15.9 Å². The summed E-state index contributed by atoms with van der Waals surface area (Å²) in [4.78, 5) is 14.4. The zero-order valence-corrected chi connectivity index (χ0v) is 15.0. The molecule has 0 bridgehead atoms. The predicted molar refractivity (Wildman–Crippen MR) is 88.3 cm³/mol. The Morgan fingerprint density at radius 1 is 1.29 bits per heavy atom. The fourth-order valence-corrected chi connectivity index (χ4v) is 2.89. The van der Waals surface area contributed by atoms with E-state index in [0.717, 1.165) is 17.3 Å². The Morgan fingerprint density at radius 3 is 2.38 bits per heavy atom. The molecule has 0 saturated carbocycles. The molecule has 0 saturated heterocycles. The van der Waals surface area contributed by atoms with Gasteiger partial charge in [-0.2, -0.15) is 0 Å². The van der Waals surface area contributed by atoms with Gasteiger partial charge in [-0.3, -0.25) is 4.79 Å². The number of rotatable bonds is 7. The Morgan fingerprint density at radius 2 is 1.90 bits per heavy atom. The lowest BCUT2D eigenvalue weighted by atomic mass is 10.1. The maximum atomic E-state index is 12.6. The van der Waals surface area contributed by atoms with Crippen molar-refractivity contribution in [3.8, 4) is 11.5 Å². The third-order valence-electron chi connectivity index (χ3n) is 3.58. The molecule has 1 aromatic carbocycles. The van der Waals surface area contributed by atoms with E-state index in [4.69, 9.17) is 9.47 Å². The highest BCUT2D eigenvalue weighted by molar-refractivity contribution is 9.10.